The molecule has 0 aromatic carbocycles. The van der Waals surface area contributed by atoms with Crippen molar-refractivity contribution in [3.8, 4) is 0 Å². The second-order valence-corrected chi connectivity index (χ2v) is 4.23. The van der Waals surface area contributed by atoms with Gasteiger partial charge in [0.2, 0.25) is 5.91 Å². The van der Waals surface area contributed by atoms with E-state index < -0.39 is 0 Å². The van der Waals surface area contributed by atoms with Crippen LogP contribution < -0.4 is 5.73 Å². The monoisotopic (exact) mass is 208 g/mol. The molecule has 0 saturated heterocycles. The Morgan fingerprint density at radius 1 is 1.60 bits per heavy atom. The predicted octanol–water partition coefficient (Wildman–Crippen LogP) is 0.533. The Labute approximate surface area is 88.6 Å². The van der Waals surface area contributed by atoms with E-state index in [2.05, 4.69) is 10.2 Å². The second-order valence-electron chi connectivity index (χ2n) is 4.23. The first-order chi connectivity index (χ1) is 7.09. The van der Waals surface area contributed by atoms with Crippen LogP contribution in [0.1, 0.15) is 25.1 Å². The van der Waals surface area contributed by atoms with Gasteiger partial charge in [-0.3, -0.25) is 9.89 Å². The summed E-state index contributed by atoms with van der Waals surface area (Å²) in [4.78, 5) is 13.6. The van der Waals surface area contributed by atoms with Crippen LogP contribution >= 0.6 is 0 Å². The van der Waals surface area contributed by atoms with E-state index in [1.807, 2.05) is 18.7 Å². The Morgan fingerprint density at radius 2 is 2.33 bits per heavy atom. The summed E-state index contributed by atoms with van der Waals surface area (Å²) < 4.78 is 0. The van der Waals surface area contributed by atoms with E-state index >= 15 is 0 Å². The summed E-state index contributed by atoms with van der Waals surface area (Å²) >= 11 is 0. The van der Waals surface area contributed by atoms with E-state index in [1.165, 1.54) is 0 Å². The molecule has 0 unspecified atom stereocenters. The smallest absolute Gasteiger partial charge is 0.225 e. The third kappa shape index (κ3) is 1.69. The zero-order valence-corrected chi connectivity index (χ0v) is 9.08. The summed E-state index contributed by atoms with van der Waals surface area (Å²) in [5.74, 6) is 0.743. The number of aromatic nitrogens is 2. The van der Waals surface area contributed by atoms with Gasteiger partial charge in [0.05, 0.1) is 6.54 Å². The van der Waals surface area contributed by atoms with Gasteiger partial charge in [0.25, 0.3) is 0 Å². The van der Waals surface area contributed by atoms with Gasteiger partial charge in [-0.2, -0.15) is 5.10 Å². The maximum Gasteiger partial charge on any atom is 0.225 e. The number of nitrogen functional groups attached to an aromatic ring is 1. The number of hydrogen-bond acceptors (Lipinski definition) is 3. The lowest BCUT2D eigenvalue weighted by Crippen LogP contribution is -2.38. The number of carbonyl (C=O) groups excluding carboxylic acids is 1. The number of hydrogen-bond donors (Lipinski definition) is 2. The topological polar surface area (TPSA) is 75.0 Å². The molecule has 0 aliphatic carbocycles. The molecule has 2 heterocycles. The molecule has 1 aliphatic rings. The number of nitrogens with zero attached hydrogens (tertiary/aromatic N) is 2. The van der Waals surface area contributed by atoms with E-state index in [9.17, 15) is 4.79 Å². The molecule has 0 bridgehead atoms. The molecule has 0 saturated carbocycles. The van der Waals surface area contributed by atoms with E-state index in [4.69, 9.17) is 5.73 Å². The number of H-pyrrole nitrogens is 1. The van der Waals surface area contributed by atoms with Gasteiger partial charge in [-0.05, 0) is 0 Å². The van der Waals surface area contributed by atoms with Gasteiger partial charge < -0.3 is 10.6 Å². The zero-order valence-electron chi connectivity index (χ0n) is 9.08. The maximum absolute atomic E-state index is 11.8. The molecule has 0 atom stereocenters. The van der Waals surface area contributed by atoms with Crippen molar-refractivity contribution in [1.29, 1.82) is 0 Å². The Hall–Kier alpha value is -1.52. The van der Waals surface area contributed by atoms with Crippen molar-refractivity contribution < 1.29 is 4.79 Å². The molecule has 1 amide bonds. The first-order valence-electron chi connectivity index (χ1n) is 5.20. The van der Waals surface area contributed by atoms with Crippen molar-refractivity contribution in [3.05, 3.63) is 11.3 Å². The number of fused-ring (bicyclic) bond motifs is 1. The van der Waals surface area contributed by atoms with Crippen LogP contribution in [0.5, 0.6) is 0 Å². The number of nitrogens with one attached hydrogen (secondary N) is 1. The molecule has 0 spiro atoms. The minimum Gasteiger partial charge on any atom is -0.382 e. The van der Waals surface area contributed by atoms with Crippen LogP contribution in [0.15, 0.2) is 0 Å². The maximum atomic E-state index is 11.8. The summed E-state index contributed by atoms with van der Waals surface area (Å²) in [5, 5.41) is 6.85. The summed E-state index contributed by atoms with van der Waals surface area (Å²) in [6, 6.07) is 0. The second kappa shape index (κ2) is 3.56. The fourth-order valence-corrected chi connectivity index (χ4v) is 1.87. The van der Waals surface area contributed by atoms with E-state index in [-0.39, 0.29) is 11.8 Å². The lowest BCUT2D eigenvalue weighted by atomic mass is 10.1. The van der Waals surface area contributed by atoms with Crippen LogP contribution in [-0.2, 0) is 17.8 Å². The zero-order chi connectivity index (χ0) is 11.0. The number of aromatic amines is 1. The Bertz CT molecular complexity index is 383. The van der Waals surface area contributed by atoms with Crippen LogP contribution in [-0.4, -0.2) is 27.5 Å². The molecular weight excluding hydrogens is 192 g/mol. The molecule has 0 fully saturated rings. The van der Waals surface area contributed by atoms with Gasteiger partial charge in [0.1, 0.15) is 5.82 Å². The third-order valence-corrected chi connectivity index (χ3v) is 2.77. The van der Waals surface area contributed by atoms with Crippen molar-refractivity contribution in [2.75, 3.05) is 12.3 Å². The molecule has 1 aromatic heterocycles. The van der Waals surface area contributed by atoms with Crippen molar-refractivity contribution in [2.24, 2.45) is 5.92 Å². The third-order valence-electron chi connectivity index (χ3n) is 2.77. The highest BCUT2D eigenvalue weighted by Crippen LogP contribution is 2.22. The van der Waals surface area contributed by atoms with Gasteiger partial charge in [-0.25, -0.2) is 0 Å². The van der Waals surface area contributed by atoms with E-state index in [1.54, 1.807) is 0 Å². The normalized spacial score (nSPS) is 15.5. The van der Waals surface area contributed by atoms with Gasteiger partial charge >= 0.3 is 0 Å². The largest absolute Gasteiger partial charge is 0.382 e. The molecule has 2 rings (SSSR count). The average Bonchev–Trinajstić information content (AvgIpc) is 2.59. The summed E-state index contributed by atoms with van der Waals surface area (Å²) in [6.07, 6.45) is 0.817. The molecule has 3 N–H and O–H groups in total. The first kappa shape index (κ1) is 10.0. The quantitative estimate of drug-likeness (QED) is 0.707. The lowest BCUT2D eigenvalue weighted by Gasteiger charge is -2.28. The highest BCUT2D eigenvalue weighted by Gasteiger charge is 2.25. The van der Waals surface area contributed by atoms with Crippen LogP contribution in [0.25, 0.3) is 0 Å². The minimum atomic E-state index is 0.0414. The molecule has 0 radical (unpaired) electrons. The van der Waals surface area contributed by atoms with Crippen LogP contribution in [0.4, 0.5) is 5.82 Å². The van der Waals surface area contributed by atoms with Crippen LogP contribution in [0.2, 0.25) is 0 Å². The number of nitrogens with two attached hydrogens (primary N) is 1. The fourth-order valence-electron chi connectivity index (χ4n) is 1.87. The highest BCUT2D eigenvalue weighted by atomic mass is 16.2. The SMILES string of the molecule is CC(C)C(=O)N1CCc2[nH]nc(N)c2C1. The van der Waals surface area contributed by atoms with Crippen LogP contribution in [0.3, 0.4) is 0 Å². The summed E-state index contributed by atoms with van der Waals surface area (Å²) in [6.45, 7) is 5.17. The van der Waals surface area contributed by atoms with Crippen LogP contribution in [0, 0.1) is 5.92 Å². The van der Waals surface area contributed by atoms with E-state index in [0.717, 1.165) is 24.2 Å². The summed E-state index contributed by atoms with van der Waals surface area (Å²) in [5.41, 5.74) is 7.77. The summed E-state index contributed by atoms with van der Waals surface area (Å²) in [7, 11) is 0. The van der Waals surface area contributed by atoms with Crippen molar-refractivity contribution >= 4 is 11.7 Å². The molecule has 1 aromatic rings. The first-order valence-corrected chi connectivity index (χ1v) is 5.20. The number of anilines is 1. The van der Waals surface area contributed by atoms with E-state index in [0.29, 0.717) is 12.4 Å². The van der Waals surface area contributed by atoms with Crippen molar-refractivity contribution in [2.45, 2.75) is 26.8 Å². The fraction of sp³-hybridized carbons (Fsp3) is 0.600. The molecule has 15 heavy (non-hydrogen) atoms. The Kier molecular flexibility index (Phi) is 2.38. The van der Waals surface area contributed by atoms with Gasteiger partial charge in [0, 0.05) is 30.1 Å². The molecule has 1 aliphatic heterocycles. The highest BCUT2D eigenvalue weighted by molar-refractivity contribution is 5.78. The number of rotatable bonds is 1. The standard InChI is InChI=1S/C10H16N4O/c1-6(2)10(15)14-4-3-8-7(5-14)9(11)13-12-8/h6H,3-5H2,1-2H3,(H3,11,12,13). The number of amides is 1. The molecule has 5 nitrogen and oxygen atoms in total. The Morgan fingerprint density at radius 3 is 3.00 bits per heavy atom. The van der Waals surface area contributed by atoms with Gasteiger partial charge in [-0.1, -0.05) is 13.8 Å². The number of carbonyl (C=O) groups is 1. The van der Waals surface area contributed by atoms with Gasteiger partial charge in [0.15, 0.2) is 0 Å². The molecule has 5 heteroatoms. The Balaban J connectivity index is 2.18. The molecular formula is C10H16N4O. The minimum absolute atomic E-state index is 0.0414. The predicted molar refractivity (Wildman–Crippen MR) is 57.0 cm³/mol. The lowest BCUT2D eigenvalue weighted by molar-refractivity contribution is -0.135. The van der Waals surface area contributed by atoms with Gasteiger partial charge in [-0.15, -0.1) is 0 Å². The average molecular weight is 208 g/mol. The molecule has 82 valence electrons. The van der Waals surface area contributed by atoms with Crippen molar-refractivity contribution in [3.63, 3.8) is 0 Å². The van der Waals surface area contributed by atoms with Crippen molar-refractivity contribution in [1.82, 2.24) is 15.1 Å².